The molecule has 2 N–H and O–H groups in total. The van der Waals surface area contributed by atoms with E-state index in [9.17, 15) is 4.79 Å². The van der Waals surface area contributed by atoms with Gasteiger partial charge in [-0.1, -0.05) is 12.5 Å². The molecule has 2 bridgehead atoms. The predicted molar refractivity (Wildman–Crippen MR) is 80.5 cm³/mol. The molecule has 106 valence electrons. The van der Waals surface area contributed by atoms with E-state index in [-0.39, 0.29) is 5.92 Å². The van der Waals surface area contributed by atoms with E-state index < -0.39 is 0 Å². The van der Waals surface area contributed by atoms with Crippen molar-refractivity contribution in [2.45, 2.75) is 38.5 Å². The summed E-state index contributed by atoms with van der Waals surface area (Å²) in [5.41, 5.74) is 9.03. The second-order valence-electron chi connectivity index (χ2n) is 6.76. The van der Waals surface area contributed by atoms with E-state index in [1.165, 1.54) is 24.8 Å². The summed E-state index contributed by atoms with van der Waals surface area (Å²) in [4.78, 5) is 15.0. The molecule has 1 amide bonds. The van der Waals surface area contributed by atoms with Crippen LogP contribution < -0.4 is 10.6 Å². The molecule has 3 heteroatoms. The Morgan fingerprint density at radius 2 is 2.15 bits per heavy atom. The van der Waals surface area contributed by atoms with Crippen molar-refractivity contribution in [1.29, 1.82) is 0 Å². The van der Waals surface area contributed by atoms with Crippen LogP contribution in [0.2, 0.25) is 0 Å². The normalized spacial score (nSPS) is 31.4. The molecular weight excluding hydrogens is 248 g/mol. The van der Waals surface area contributed by atoms with Gasteiger partial charge in [-0.2, -0.15) is 0 Å². The van der Waals surface area contributed by atoms with Gasteiger partial charge in [-0.25, -0.2) is 0 Å². The van der Waals surface area contributed by atoms with Gasteiger partial charge in [0.25, 0.3) is 0 Å². The molecule has 0 aromatic heterocycles. The Labute approximate surface area is 120 Å². The molecule has 1 aliphatic heterocycles. The minimum Gasteiger partial charge on any atom is -0.399 e. The molecule has 1 aromatic carbocycles. The SMILES string of the molecule is Nc1ccc2c(c1)N(C(=O)C1CC3CCC1C3)CCC2. The number of carbonyl (C=O) groups excluding carboxylic acids is 1. The number of aryl methyl sites for hydroxylation is 1. The molecule has 2 fully saturated rings. The maximum absolute atomic E-state index is 12.9. The maximum atomic E-state index is 12.9. The zero-order valence-electron chi connectivity index (χ0n) is 11.8. The summed E-state index contributed by atoms with van der Waals surface area (Å²) < 4.78 is 0. The minimum absolute atomic E-state index is 0.279. The first-order chi connectivity index (χ1) is 9.72. The zero-order chi connectivity index (χ0) is 13.7. The fourth-order valence-electron chi connectivity index (χ4n) is 4.57. The Morgan fingerprint density at radius 1 is 1.25 bits per heavy atom. The Hall–Kier alpha value is -1.51. The quantitative estimate of drug-likeness (QED) is 0.797. The Balaban J connectivity index is 1.63. The number of amides is 1. The van der Waals surface area contributed by atoms with Crippen molar-refractivity contribution < 1.29 is 4.79 Å². The first-order valence-corrected chi connectivity index (χ1v) is 7.92. The molecule has 0 radical (unpaired) electrons. The first kappa shape index (κ1) is 12.2. The van der Waals surface area contributed by atoms with Gasteiger partial charge in [-0.15, -0.1) is 0 Å². The molecule has 1 heterocycles. The van der Waals surface area contributed by atoms with Gasteiger partial charge >= 0.3 is 0 Å². The molecule has 0 spiro atoms. The Kier molecular flexibility index (Phi) is 2.76. The number of nitrogen functional groups attached to an aromatic ring is 1. The second-order valence-corrected chi connectivity index (χ2v) is 6.76. The van der Waals surface area contributed by atoms with Crippen molar-refractivity contribution in [1.82, 2.24) is 0 Å². The molecule has 1 aromatic rings. The van der Waals surface area contributed by atoms with Crippen LogP contribution in [-0.4, -0.2) is 12.5 Å². The van der Waals surface area contributed by atoms with Crippen LogP contribution in [0, 0.1) is 17.8 Å². The fraction of sp³-hybridized carbons (Fsp3) is 0.588. The van der Waals surface area contributed by atoms with Crippen molar-refractivity contribution in [3.8, 4) is 0 Å². The molecule has 3 nitrogen and oxygen atoms in total. The van der Waals surface area contributed by atoms with E-state index in [4.69, 9.17) is 5.73 Å². The van der Waals surface area contributed by atoms with Gasteiger partial charge in [0.2, 0.25) is 5.91 Å². The van der Waals surface area contributed by atoms with Gasteiger partial charge in [-0.05, 0) is 61.6 Å². The number of fused-ring (bicyclic) bond motifs is 3. The van der Waals surface area contributed by atoms with Crippen LogP contribution in [0.25, 0.3) is 0 Å². The maximum Gasteiger partial charge on any atom is 0.230 e. The third-order valence-corrected chi connectivity index (χ3v) is 5.55. The standard InChI is InChI=1S/C17H22N2O/c18-14-6-5-12-2-1-7-19(16(12)10-14)17(20)15-9-11-3-4-13(15)8-11/h5-6,10-11,13,15H,1-4,7-9,18H2. The highest BCUT2D eigenvalue weighted by molar-refractivity contribution is 5.97. The second kappa shape index (κ2) is 4.51. The number of benzene rings is 1. The summed E-state index contributed by atoms with van der Waals surface area (Å²) in [5.74, 6) is 2.11. The number of nitrogens with zero attached hydrogens (tertiary/aromatic N) is 1. The van der Waals surface area contributed by atoms with Gasteiger partial charge in [0.15, 0.2) is 0 Å². The first-order valence-electron chi connectivity index (χ1n) is 7.92. The van der Waals surface area contributed by atoms with Crippen LogP contribution in [0.1, 0.15) is 37.7 Å². The van der Waals surface area contributed by atoms with Crippen molar-refractivity contribution in [2.75, 3.05) is 17.2 Å². The van der Waals surface area contributed by atoms with Crippen LogP contribution in [0.3, 0.4) is 0 Å². The van der Waals surface area contributed by atoms with Gasteiger partial charge in [-0.3, -0.25) is 4.79 Å². The van der Waals surface area contributed by atoms with Gasteiger partial charge in [0.1, 0.15) is 0 Å². The fourth-order valence-corrected chi connectivity index (χ4v) is 4.57. The van der Waals surface area contributed by atoms with E-state index in [0.29, 0.717) is 11.8 Å². The summed E-state index contributed by atoms with van der Waals surface area (Å²) in [6.45, 7) is 0.864. The zero-order valence-corrected chi connectivity index (χ0v) is 11.8. The summed E-state index contributed by atoms with van der Waals surface area (Å²) in [7, 11) is 0. The summed E-state index contributed by atoms with van der Waals surface area (Å²) in [6.07, 6.45) is 7.15. The van der Waals surface area contributed by atoms with Gasteiger partial charge in [0, 0.05) is 23.8 Å². The molecule has 3 atom stereocenters. The summed E-state index contributed by atoms with van der Waals surface area (Å²) >= 11 is 0. The molecule has 2 saturated carbocycles. The van der Waals surface area contributed by atoms with Gasteiger partial charge in [0.05, 0.1) is 0 Å². The Bertz CT molecular complexity index is 554. The third-order valence-electron chi connectivity index (χ3n) is 5.55. The summed E-state index contributed by atoms with van der Waals surface area (Å²) in [5, 5.41) is 0. The number of anilines is 2. The van der Waals surface area contributed by atoms with Crippen molar-refractivity contribution in [3.05, 3.63) is 23.8 Å². The topological polar surface area (TPSA) is 46.3 Å². The molecule has 20 heavy (non-hydrogen) atoms. The van der Waals surface area contributed by atoms with E-state index >= 15 is 0 Å². The van der Waals surface area contributed by atoms with E-state index in [0.717, 1.165) is 43.1 Å². The monoisotopic (exact) mass is 270 g/mol. The van der Waals surface area contributed by atoms with E-state index in [1.807, 2.05) is 17.0 Å². The minimum atomic E-state index is 0.279. The number of nitrogens with two attached hydrogens (primary N) is 1. The highest BCUT2D eigenvalue weighted by Gasteiger charge is 2.45. The van der Waals surface area contributed by atoms with E-state index in [1.54, 1.807) is 0 Å². The lowest BCUT2D eigenvalue weighted by molar-refractivity contribution is -0.124. The van der Waals surface area contributed by atoms with Crippen LogP contribution in [-0.2, 0) is 11.2 Å². The molecular formula is C17H22N2O. The lowest BCUT2D eigenvalue weighted by Crippen LogP contribution is -2.41. The average Bonchev–Trinajstić information content (AvgIpc) is 3.08. The van der Waals surface area contributed by atoms with Crippen molar-refractivity contribution in [3.63, 3.8) is 0 Å². The summed E-state index contributed by atoms with van der Waals surface area (Å²) in [6, 6.07) is 6.02. The van der Waals surface area contributed by atoms with Crippen LogP contribution in [0.5, 0.6) is 0 Å². The highest BCUT2D eigenvalue weighted by atomic mass is 16.2. The van der Waals surface area contributed by atoms with E-state index in [2.05, 4.69) is 6.07 Å². The number of hydrogen-bond acceptors (Lipinski definition) is 2. The lowest BCUT2D eigenvalue weighted by Gasteiger charge is -2.34. The smallest absolute Gasteiger partial charge is 0.230 e. The Morgan fingerprint density at radius 3 is 2.90 bits per heavy atom. The molecule has 2 aliphatic carbocycles. The molecule has 3 unspecified atom stereocenters. The van der Waals surface area contributed by atoms with Crippen LogP contribution >= 0.6 is 0 Å². The molecule has 4 rings (SSSR count). The predicted octanol–water partition coefficient (Wildman–Crippen LogP) is 2.98. The van der Waals surface area contributed by atoms with Gasteiger partial charge < -0.3 is 10.6 Å². The van der Waals surface area contributed by atoms with Crippen LogP contribution in [0.4, 0.5) is 11.4 Å². The largest absolute Gasteiger partial charge is 0.399 e. The lowest BCUT2D eigenvalue weighted by atomic mass is 9.87. The third kappa shape index (κ3) is 1.83. The molecule has 3 aliphatic rings. The van der Waals surface area contributed by atoms with Crippen molar-refractivity contribution >= 4 is 17.3 Å². The van der Waals surface area contributed by atoms with Crippen molar-refractivity contribution in [2.24, 2.45) is 17.8 Å². The molecule has 0 saturated heterocycles. The highest BCUT2D eigenvalue weighted by Crippen LogP contribution is 2.49. The van der Waals surface area contributed by atoms with Crippen LogP contribution in [0.15, 0.2) is 18.2 Å². The number of hydrogen-bond donors (Lipinski definition) is 1. The number of carbonyl (C=O) groups is 1. The number of rotatable bonds is 1. The average molecular weight is 270 g/mol.